The van der Waals surface area contributed by atoms with Crippen molar-refractivity contribution in [2.24, 2.45) is 5.92 Å². The first kappa shape index (κ1) is 19.8. The maximum atomic E-state index is 12.5. The van der Waals surface area contributed by atoms with Crippen molar-refractivity contribution in [3.05, 3.63) is 59.4 Å². The molecule has 28 heavy (non-hydrogen) atoms. The van der Waals surface area contributed by atoms with Crippen LogP contribution in [-0.2, 0) is 22.6 Å². The third-order valence-corrected chi connectivity index (χ3v) is 4.95. The van der Waals surface area contributed by atoms with Gasteiger partial charge in [-0.05, 0) is 12.1 Å². The fourth-order valence-corrected chi connectivity index (χ4v) is 3.22. The minimum Gasteiger partial charge on any atom is -0.341 e. The maximum Gasteiger partial charge on any atom is 0.228 e. The number of likely N-dealkylation sites (N-methyl/N-ethyl adjacent to an activating group) is 1. The molecule has 0 radical (unpaired) electrons. The molecule has 0 bridgehead atoms. The molecule has 8 heteroatoms. The quantitative estimate of drug-likeness (QED) is 0.664. The van der Waals surface area contributed by atoms with E-state index >= 15 is 0 Å². The van der Waals surface area contributed by atoms with Gasteiger partial charge < -0.3 is 10.2 Å². The second-order valence-corrected chi connectivity index (χ2v) is 7.70. The molecule has 1 aromatic carbocycles. The summed E-state index contributed by atoms with van der Waals surface area (Å²) in [5, 5.41) is 9.43. The standard InChI is InChI=1S/C20H23N5O2S/c1-14(2)19(27)23-20-22-16(13-28-20)9-18(26)24(3)11-15-10-21-25(12-15)17-7-5-4-6-8-17/h4-8,10,12-14H,9,11H2,1-3H3,(H,22,23,27). The van der Waals surface area contributed by atoms with E-state index in [-0.39, 0.29) is 24.2 Å². The van der Waals surface area contributed by atoms with Crippen LogP contribution in [0.15, 0.2) is 48.1 Å². The van der Waals surface area contributed by atoms with Crippen LogP contribution in [0.4, 0.5) is 5.13 Å². The van der Waals surface area contributed by atoms with Gasteiger partial charge in [-0.2, -0.15) is 5.10 Å². The number of nitrogens with one attached hydrogen (secondary N) is 1. The molecule has 0 saturated carbocycles. The Labute approximate surface area is 168 Å². The summed E-state index contributed by atoms with van der Waals surface area (Å²) in [7, 11) is 1.76. The zero-order chi connectivity index (χ0) is 20.1. The fraction of sp³-hybridized carbons (Fsp3) is 0.300. The number of rotatable bonds is 7. The Hall–Kier alpha value is -3.00. The summed E-state index contributed by atoms with van der Waals surface area (Å²) in [6, 6.07) is 9.82. The predicted octanol–water partition coefficient (Wildman–Crippen LogP) is 3.12. The third-order valence-electron chi connectivity index (χ3n) is 4.14. The molecule has 3 rings (SSSR count). The molecule has 0 aliphatic carbocycles. The number of anilines is 1. The molecule has 2 heterocycles. The molecule has 7 nitrogen and oxygen atoms in total. The first-order chi connectivity index (χ1) is 13.4. The van der Waals surface area contributed by atoms with Gasteiger partial charge in [-0.25, -0.2) is 9.67 Å². The molecule has 146 valence electrons. The van der Waals surface area contributed by atoms with Crippen LogP contribution in [0.3, 0.4) is 0 Å². The Morgan fingerprint density at radius 1 is 1.25 bits per heavy atom. The lowest BCUT2D eigenvalue weighted by Crippen LogP contribution is -2.27. The molecule has 3 aromatic rings. The Balaban J connectivity index is 1.56. The van der Waals surface area contributed by atoms with Crippen molar-refractivity contribution in [3.63, 3.8) is 0 Å². The SMILES string of the molecule is CC(C)C(=O)Nc1nc(CC(=O)N(C)Cc2cnn(-c3ccccc3)c2)cs1. The molecule has 2 aromatic heterocycles. The number of thiazole rings is 1. The summed E-state index contributed by atoms with van der Waals surface area (Å²) in [4.78, 5) is 30.2. The van der Waals surface area contributed by atoms with Gasteiger partial charge in [0.15, 0.2) is 5.13 Å². The Morgan fingerprint density at radius 2 is 2.00 bits per heavy atom. The van der Waals surface area contributed by atoms with Gasteiger partial charge in [0.05, 0.1) is 24.0 Å². The predicted molar refractivity (Wildman–Crippen MR) is 109 cm³/mol. The highest BCUT2D eigenvalue weighted by Crippen LogP contribution is 2.17. The number of hydrogen-bond acceptors (Lipinski definition) is 5. The molecule has 1 N–H and O–H groups in total. The number of amides is 2. The molecule has 2 amide bonds. The van der Waals surface area contributed by atoms with E-state index < -0.39 is 0 Å². The minimum atomic E-state index is -0.114. The van der Waals surface area contributed by atoms with E-state index in [0.717, 1.165) is 11.3 Å². The Bertz CT molecular complexity index is 948. The van der Waals surface area contributed by atoms with Crippen LogP contribution in [0, 0.1) is 5.92 Å². The highest BCUT2D eigenvalue weighted by Gasteiger charge is 2.15. The Kier molecular flexibility index (Phi) is 6.20. The Morgan fingerprint density at radius 3 is 2.71 bits per heavy atom. The number of aromatic nitrogens is 3. The van der Waals surface area contributed by atoms with Crippen LogP contribution in [0.5, 0.6) is 0 Å². The lowest BCUT2D eigenvalue weighted by Gasteiger charge is -2.15. The van der Waals surface area contributed by atoms with E-state index in [9.17, 15) is 9.59 Å². The van der Waals surface area contributed by atoms with Gasteiger partial charge >= 0.3 is 0 Å². The van der Waals surface area contributed by atoms with Crippen LogP contribution in [0.1, 0.15) is 25.1 Å². The second kappa shape index (κ2) is 8.79. The topological polar surface area (TPSA) is 80.1 Å². The average molecular weight is 398 g/mol. The van der Waals surface area contributed by atoms with Crippen LogP contribution in [0.2, 0.25) is 0 Å². The van der Waals surface area contributed by atoms with Crippen molar-refractivity contribution < 1.29 is 9.59 Å². The van der Waals surface area contributed by atoms with Crippen molar-refractivity contribution in [1.29, 1.82) is 0 Å². The van der Waals surface area contributed by atoms with Crippen LogP contribution >= 0.6 is 11.3 Å². The monoisotopic (exact) mass is 397 g/mol. The summed E-state index contributed by atoms with van der Waals surface area (Å²) >= 11 is 1.33. The van der Waals surface area contributed by atoms with Crippen molar-refractivity contribution in [3.8, 4) is 5.69 Å². The van der Waals surface area contributed by atoms with Crippen molar-refractivity contribution in [2.45, 2.75) is 26.8 Å². The van der Waals surface area contributed by atoms with Crippen LogP contribution < -0.4 is 5.32 Å². The number of hydrogen-bond donors (Lipinski definition) is 1. The molecule has 0 atom stereocenters. The molecule has 0 aliphatic rings. The fourth-order valence-electron chi connectivity index (χ4n) is 2.51. The zero-order valence-corrected chi connectivity index (χ0v) is 16.9. The molecule has 0 aliphatic heterocycles. The van der Waals surface area contributed by atoms with Gasteiger partial charge in [-0.15, -0.1) is 11.3 Å². The third kappa shape index (κ3) is 5.04. The molecule has 0 spiro atoms. The van der Waals surface area contributed by atoms with E-state index in [2.05, 4.69) is 15.4 Å². The van der Waals surface area contributed by atoms with Crippen molar-refractivity contribution in [1.82, 2.24) is 19.7 Å². The van der Waals surface area contributed by atoms with E-state index in [1.54, 1.807) is 28.2 Å². The van der Waals surface area contributed by atoms with Gasteiger partial charge in [0, 0.05) is 36.7 Å². The van der Waals surface area contributed by atoms with E-state index in [4.69, 9.17) is 0 Å². The van der Waals surface area contributed by atoms with Crippen molar-refractivity contribution >= 4 is 28.3 Å². The largest absolute Gasteiger partial charge is 0.341 e. The molecular formula is C20H23N5O2S. The number of benzene rings is 1. The van der Waals surface area contributed by atoms with Crippen LogP contribution in [-0.4, -0.2) is 38.5 Å². The van der Waals surface area contributed by atoms with E-state index in [1.165, 1.54) is 11.3 Å². The summed E-state index contributed by atoms with van der Waals surface area (Å²) in [5.41, 5.74) is 2.57. The van der Waals surface area contributed by atoms with E-state index in [0.29, 0.717) is 17.4 Å². The number of para-hydroxylation sites is 1. The van der Waals surface area contributed by atoms with Gasteiger partial charge in [-0.1, -0.05) is 32.0 Å². The highest BCUT2D eigenvalue weighted by molar-refractivity contribution is 7.13. The molecule has 0 unspecified atom stereocenters. The summed E-state index contributed by atoms with van der Waals surface area (Å²) in [5.74, 6) is -0.240. The summed E-state index contributed by atoms with van der Waals surface area (Å²) < 4.78 is 1.79. The van der Waals surface area contributed by atoms with Crippen LogP contribution in [0.25, 0.3) is 5.69 Å². The number of nitrogens with zero attached hydrogens (tertiary/aromatic N) is 4. The molecular weight excluding hydrogens is 374 g/mol. The lowest BCUT2D eigenvalue weighted by molar-refractivity contribution is -0.129. The van der Waals surface area contributed by atoms with Gasteiger partial charge in [0.25, 0.3) is 0 Å². The van der Waals surface area contributed by atoms with Gasteiger partial charge in [-0.3, -0.25) is 9.59 Å². The van der Waals surface area contributed by atoms with E-state index in [1.807, 2.05) is 50.4 Å². The molecule has 0 fully saturated rings. The van der Waals surface area contributed by atoms with Crippen molar-refractivity contribution in [2.75, 3.05) is 12.4 Å². The zero-order valence-electron chi connectivity index (χ0n) is 16.1. The minimum absolute atomic E-state index is 0.0421. The van der Waals surface area contributed by atoms with Gasteiger partial charge in [0.1, 0.15) is 0 Å². The first-order valence-corrected chi connectivity index (χ1v) is 9.88. The number of carbonyl (C=O) groups is 2. The highest BCUT2D eigenvalue weighted by atomic mass is 32.1. The summed E-state index contributed by atoms with van der Waals surface area (Å²) in [6.45, 7) is 4.11. The maximum absolute atomic E-state index is 12.5. The normalized spacial score (nSPS) is 10.9. The smallest absolute Gasteiger partial charge is 0.228 e. The average Bonchev–Trinajstić information content (AvgIpc) is 3.32. The number of carbonyl (C=O) groups excluding carboxylic acids is 2. The lowest BCUT2D eigenvalue weighted by atomic mass is 10.2. The summed E-state index contributed by atoms with van der Waals surface area (Å²) in [6.07, 6.45) is 3.87. The molecule has 0 saturated heterocycles. The second-order valence-electron chi connectivity index (χ2n) is 6.84. The van der Waals surface area contributed by atoms with Gasteiger partial charge in [0.2, 0.25) is 11.8 Å². The first-order valence-electron chi connectivity index (χ1n) is 9.00.